The quantitative estimate of drug-likeness (QED) is 0.496. The summed E-state index contributed by atoms with van der Waals surface area (Å²) in [6.45, 7) is 0. The summed E-state index contributed by atoms with van der Waals surface area (Å²) in [5, 5.41) is 1.74. The van der Waals surface area contributed by atoms with Crippen molar-refractivity contribution in [2.75, 3.05) is 5.32 Å². The van der Waals surface area contributed by atoms with Crippen molar-refractivity contribution in [1.82, 2.24) is 4.98 Å². The monoisotopic (exact) mass is 434 g/mol. The highest BCUT2D eigenvalue weighted by Crippen LogP contribution is 2.42. The molecule has 0 radical (unpaired) electrons. The number of carbonyl (C=O) groups is 1. The van der Waals surface area contributed by atoms with Crippen LogP contribution >= 0.6 is 11.3 Å². The third-order valence-electron chi connectivity index (χ3n) is 3.70. The lowest BCUT2D eigenvalue weighted by atomic mass is 10.1. The summed E-state index contributed by atoms with van der Waals surface area (Å²) in [7, 11) is 0. The highest BCUT2D eigenvalue weighted by molar-refractivity contribution is 7.19. The number of hydrogen-bond acceptors (Lipinski definition) is 3. The Bertz CT molecular complexity index is 1020. The molecule has 3 nitrogen and oxygen atoms in total. The minimum Gasteiger partial charge on any atom is -0.298 e. The third kappa shape index (κ3) is 4.73. The number of aromatic nitrogens is 1. The fourth-order valence-corrected chi connectivity index (χ4v) is 3.33. The second kappa shape index (κ2) is 7.47. The van der Waals surface area contributed by atoms with E-state index < -0.39 is 40.5 Å². The maximum Gasteiger partial charge on any atom is 0.434 e. The van der Waals surface area contributed by atoms with Crippen LogP contribution in [0.15, 0.2) is 48.5 Å². The van der Waals surface area contributed by atoms with E-state index in [-0.39, 0.29) is 16.0 Å². The fraction of sp³-hybridized carbons (Fsp3) is 0.111. The average Bonchev–Trinajstić information content (AvgIpc) is 3.06. The number of nitrogens with zero attached hydrogens (tertiary/aromatic N) is 1. The molecule has 0 fully saturated rings. The second-order valence-corrected chi connectivity index (χ2v) is 6.73. The van der Waals surface area contributed by atoms with E-state index in [0.29, 0.717) is 23.5 Å². The zero-order valence-corrected chi connectivity index (χ0v) is 14.8. The predicted molar refractivity (Wildman–Crippen MR) is 91.9 cm³/mol. The SMILES string of the molecule is O=C(Nc1nc(C(F)(F)F)c(-c2ccc(F)cc2)s1)c1ccc(C(F)(F)F)cc1. The number of thiazole rings is 1. The first kappa shape index (κ1) is 20.8. The first-order valence-corrected chi connectivity index (χ1v) is 8.59. The van der Waals surface area contributed by atoms with Crippen LogP contribution in [0.3, 0.4) is 0 Å². The van der Waals surface area contributed by atoms with E-state index in [1.54, 1.807) is 0 Å². The summed E-state index contributed by atoms with van der Waals surface area (Å²) in [5.74, 6) is -1.56. The van der Waals surface area contributed by atoms with Crippen LogP contribution in [0.25, 0.3) is 10.4 Å². The number of hydrogen-bond donors (Lipinski definition) is 1. The van der Waals surface area contributed by atoms with Crippen molar-refractivity contribution in [3.63, 3.8) is 0 Å². The second-order valence-electron chi connectivity index (χ2n) is 5.73. The number of amides is 1. The molecule has 0 atom stereocenters. The van der Waals surface area contributed by atoms with Crippen LogP contribution < -0.4 is 5.32 Å². The van der Waals surface area contributed by atoms with E-state index >= 15 is 0 Å². The fourth-order valence-electron chi connectivity index (χ4n) is 2.34. The zero-order valence-electron chi connectivity index (χ0n) is 14.0. The summed E-state index contributed by atoms with van der Waals surface area (Å²) < 4.78 is 90.6. The molecule has 3 aromatic rings. The first-order chi connectivity index (χ1) is 13.4. The van der Waals surface area contributed by atoms with Crippen molar-refractivity contribution in [3.8, 4) is 10.4 Å². The molecule has 29 heavy (non-hydrogen) atoms. The van der Waals surface area contributed by atoms with Crippen molar-refractivity contribution in [2.45, 2.75) is 12.4 Å². The van der Waals surface area contributed by atoms with Gasteiger partial charge >= 0.3 is 12.4 Å². The summed E-state index contributed by atoms with van der Waals surface area (Å²) in [6.07, 6.45) is -9.42. The maximum atomic E-state index is 13.3. The Hall–Kier alpha value is -2.95. The standard InChI is InChI=1S/C18H9F7N2OS/c19-12-7-3-9(4-8-12)13-14(18(23,24)25)26-16(29-13)27-15(28)10-1-5-11(6-2-10)17(20,21)22/h1-8H,(H,26,27,28). The van der Waals surface area contributed by atoms with Crippen LogP contribution in [0.2, 0.25) is 0 Å². The number of carbonyl (C=O) groups excluding carboxylic acids is 1. The minimum atomic E-state index is -4.84. The van der Waals surface area contributed by atoms with E-state index in [4.69, 9.17) is 0 Å². The molecule has 0 aliphatic heterocycles. The Morgan fingerprint density at radius 2 is 1.45 bits per heavy atom. The Balaban J connectivity index is 1.89. The van der Waals surface area contributed by atoms with Gasteiger partial charge in [0.25, 0.3) is 5.91 Å². The molecule has 0 saturated heterocycles. The Morgan fingerprint density at radius 1 is 0.862 bits per heavy atom. The van der Waals surface area contributed by atoms with Gasteiger partial charge in [-0.25, -0.2) is 9.37 Å². The molecular formula is C18H9F7N2OS. The highest BCUT2D eigenvalue weighted by atomic mass is 32.1. The molecule has 2 aromatic carbocycles. The van der Waals surface area contributed by atoms with Gasteiger partial charge in [-0.05, 0) is 42.0 Å². The first-order valence-electron chi connectivity index (χ1n) is 7.78. The molecule has 1 aromatic heterocycles. The number of rotatable bonds is 3. The van der Waals surface area contributed by atoms with E-state index in [1.165, 1.54) is 0 Å². The van der Waals surface area contributed by atoms with E-state index in [1.807, 2.05) is 0 Å². The molecule has 0 unspecified atom stereocenters. The van der Waals surface area contributed by atoms with Gasteiger partial charge in [-0.3, -0.25) is 10.1 Å². The molecule has 1 amide bonds. The van der Waals surface area contributed by atoms with Crippen molar-refractivity contribution >= 4 is 22.4 Å². The van der Waals surface area contributed by atoms with Gasteiger partial charge in [-0.1, -0.05) is 23.5 Å². The molecule has 1 N–H and O–H groups in total. The summed E-state index contributed by atoms with van der Waals surface area (Å²) in [6, 6.07) is 7.41. The van der Waals surface area contributed by atoms with Crippen LogP contribution in [0.5, 0.6) is 0 Å². The van der Waals surface area contributed by atoms with Crippen LogP contribution in [-0.2, 0) is 12.4 Å². The molecule has 0 bridgehead atoms. The number of nitrogens with one attached hydrogen (secondary N) is 1. The molecular weight excluding hydrogens is 425 g/mol. The van der Waals surface area contributed by atoms with Gasteiger partial charge in [0.05, 0.1) is 10.4 Å². The Kier molecular flexibility index (Phi) is 5.35. The Morgan fingerprint density at radius 3 is 1.97 bits per heavy atom. The van der Waals surface area contributed by atoms with Gasteiger partial charge in [0.2, 0.25) is 0 Å². The zero-order chi connectivity index (χ0) is 21.4. The van der Waals surface area contributed by atoms with Gasteiger partial charge in [-0.2, -0.15) is 26.3 Å². The van der Waals surface area contributed by atoms with Crippen molar-refractivity contribution < 1.29 is 35.5 Å². The predicted octanol–water partition coefficient (Wildman–Crippen LogP) is 6.24. The topological polar surface area (TPSA) is 42.0 Å². The number of benzene rings is 2. The van der Waals surface area contributed by atoms with Gasteiger partial charge < -0.3 is 0 Å². The molecule has 0 aliphatic carbocycles. The Labute approximate surface area is 162 Å². The van der Waals surface area contributed by atoms with Crippen molar-refractivity contribution in [2.24, 2.45) is 0 Å². The molecule has 0 saturated carbocycles. The van der Waals surface area contributed by atoms with Gasteiger partial charge in [0.1, 0.15) is 5.82 Å². The van der Waals surface area contributed by atoms with Crippen LogP contribution in [-0.4, -0.2) is 10.9 Å². The lowest BCUT2D eigenvalue weighted by Gasteiger charge is -2.07. The van der Waals surface area contributed by atoms with Crippen LogP contribution in [0.4, 0.5) is 35.9 Å². The van der Waals surface area contributed by atoms with E-state index in [9.17, 15) is 35.5 Å². The lowest BCUT2D eigenvalue weighted by molar-refractivity contribution is -0.140. The van der Waals surface area contributed by atoms with E-state index in [2.05, 4.69) is 10.3 Å². The van der Waals surface area contributed by atoms with Gasteiger partial charge in [0.15, 0.2) is 10.8 Å². The van der Waals surface area contributed by atoms with E-state index in [0.717, 1.165) is 36.4 Å². The molecule has 3 rings (SSSR count). The van der Waals surface area contributed by atoms with Gasteiger partial charge in [-0.15, -0.1) is 0 Å². The maximum absolute atomic E-state index is 13.3. The normalized spacial score (nSPS) is 12.1. The number of alkyl halides is 6. The summed E-state index contributed by atoms with van der Waals surface area (Å²) in [4.78, 5) is 15.2. The number of anilines is 1. The van der Waals surface area contributed by atoms with Gasteiger partial charge in [0, 0.05) is 5.56 Å². The summed E-state index contributed by atoms with van der Waals surface area (Å²) in [5.41, 5.74) is -2.38. The molecule has 1 heterocycles. The molecule has 0 aliphatic rings. The highest BCUT2D eigenvalue weighted by Gasteiger charge is 2.38. The number of halogens is 7. The van der Waals surface area contributed by atoms with Crippen molar-refractivity contribution in [1.29, 1.82) is 0 Å². The van der Waals surface area contributed by atoms with Crippen molar-refractivity contribution in [3.05, 3.63) is 71.2 Å². The average molecular weight is 434 g/mol. The minimum absolute atomic E-state index is 0.0475. The van der Waals surface area contributed by atoms with Crippen LogP contribution in [0.1, 0.15) is 21.6 Å². The molecule has 11 heteroatoms. The summed E-state index contributed by atoms with van der Waals surface area (Å²) >= 11 is 0.510. The lowest BCUT2D eigenvalue weighted by Crippen LogP contribution is -2.13. The largest absolute Gasteiger partial charge is 0.434 e. The molecule has 0 spiro atoms. The molecule has 152 valence electrons. The van der Waals surface area contributed by atoms with Crippen LogP contribution in [0, 0.1) is 5.82 Å². The smallest absolute Gasteiger partial charge is 0.298 e. The third-order valence-corrected chi connectivity index (χ3v) is 4.72.